The Balaban J connectivity index is 1.49. The number of carbonyl (C=O) groups is 1. The molecule has 0 saturated carbocycles. The Hall–Kier alpha value is -2.16. The van der Waals surface area contributed by atoms with Crippen LogP contribution in [0.25, 0.3) is 0 Å². The number of rotatable bonds is 4. The number of halogens is 1. The van der Waals surface area contributed by atoms with Gasteiger partial charge in [0, 0.05) is 42.3 Å². The molecule has 4 rings (SSSR count). The molecule has 1 fully saturated rings. The van der Waals surface area contributed by atoms with E-state index < -0.39 is 16.1 Å². The highest BCUT2D eigenvalue weighted by Crippen LogP contribution is 2.35. The molecule has 3 heterocycles. The van der Waals surface area contributed by atoms with Crippen LogP contribution in [0.1, 0.15) is 25.0 Å². The maximum atomic E-state index is 13.0. The van der Waals surface area contributed by atoms with Gasteiger partial charge in [0.1, 0.15) is 0 Å². The van der Waals surface area contributed by atoms with E-state index in [1.54, 1.807) is 28.5 Å². The molecule has 2 bridgehead atoms. The quantitative estimate of drug-likeness (QED) is 0.793. The smallest absolute Gasteiger partial charge is 0.250 e. The topological polar surface area (TPSA) is 88.5 Å². The van der Waals surface area contributed by atoms with E-state index in [2.05, 4.69) is 4.72 Å². The Morgan fingerprint density at radius 3 is 2.59 bits per heavy atom. The third-order valence-electron chi connectivity index (χ3n) is 5.62. The Kier molecular flexibility index (Phi) is 5.27. The lowest BCUT2D eigenvalue weighted by Gasteiger charge is -2.43. The maximum Gasteiger partial charge on any atom is 0.250 e. The van der Waals surface area contributed by atoms with Crippen molar-refractivity contribution in [1.29, 1.82) is 0 Å². The summed E-state index contributed by atoms with van der Waals surface area (Å²) in [7, 11) is -3.83. The van der Waals surface area contributed by atoms with Crippen molar-refractivity contribution >= 4 is 27.5 Å². The van der Waals surface area contributed by atoms with Crippen LogP contribution in [0.3, 0.4) is 0 Å². The summed E-state index contributed by atoms with van der Waals surface area (Å²) in [5, 5.41) is 0.437. The standard InChI is InChI=1S/C20H22ClN3O4S/c1-13(22-29(27,28)17-7-5-16(21)6-8-17)20(26)23-10-14-9-15(12-23)18-3-2-4-19(25)24(18)11-14/h2-8,13-15,22H,9-12H2,1H3/t13-,14+,15-/m0/s1. The molecule has 0 aliphatic carbocycles. The number of sulfonamides is 1. The molecule has 3 atom stereocenters. The van der Waals surface area contributed by atoms with Gasteiger partial charge < -0.3 is 9.47 Å². The van der Waals surface area contributed by atoms with Gasteiger partial charge in [0.05, 0.1) is 10.9 Å². The lowest BCUT2D eigenvalue weighted by atomic mass is 9.83. The summed E-state index contributed by atoms with van der Waals surface area (Å²) in [6, 6.07) is 10.1. The van der Waals surface area contributed by atoms with Crippen molar-refractivity contribution < 1.29 is 13.2 Å². The minimum absolute atomic E-state index is 0.0129. The summed E-state index contributed by atoms with van der Waals surface area (Å²) < 4.78 is 29.4. The number of nitrogens with zero attached hydrogens (tertiary/aromatic N) is 2. The molecule has 29 heavy (non-hydrogen) atoms. The van der Waals surface area contributed by atoms with Crippen molar-refractivity contribution in [3.8, 4) is 0 Å². The Labute approximate surface area is 174 Å². The SMILES string of the molecule is C[C@H](NS(=O)(=O)c1ccc(Cl)cc1)C(=O)N1C[C@H]2C[C@@H](C1)c1cccc(=O)n1C2. The number of benzene rings is 1. The number of piperidine rings is 1. The summed E-state index contributed by atoms with van der Waals surface area (Å²) in [5.41, 5.74) is 0.932. The van der Waals surface area contributed by atoms with E-state index in [-0.39, 0.29) is 28.2 Å². The van der Waals surface area contributed by atoms with E-state index in [0.29, 0.717) is 24.7 Å². The van der Waals surface area contributed by atoms with Crippen LogP contribution in [0.2, 0.25) is 5.02 Å². The number of amides is 1. The number of hydrogen-bond acceptors (Lipinski definition) is 4. The van der Waals surface area contributed by atoms with Gasteiger partial charge >= 0.3 is 0 Å². The van der Waals surface area contributed by atoms with Gasteiger partial charge in [-0.3, -0.25) is 9.59 Å². The van der Waals surface area contributed by atoms with Crippen LogP contribution in [0.15, 0.2) is 52.2 Å². The number of fused-ring (bicyclic) bond motifs is 4. The van der Waals surface area contributed by atoms with Gasteiger partial charge in [-0.2, -0.15) is 4.72 Å². The highest BCUT2D eigenvalue weighted by molar-refractivity contribution is 7.89. The van der Waals surface area contributed by atoms with E-state index in [1.165, 1.54) is 24.3 Å². The van der Waals surface area contributed by atoms with Crippen LogP contribution in [0, 0.1) is 5.92 Å². The van der Waals surface area contributed by atoms with Gasteiger partial charge in [-0.05, 0) is 49.6 Å². The maximum absolute atomic E-state index is 13.0. The molecule has 0 spiro atoms. The number of hydrogen-bond donors (Lipinski definition) is 1. The molecular weight excluding hydrogens is 414 g/mol. The zero-order valence-electron chi connectivity index (χ0n) is 15.9. The highest BCUT2D eigenvalue weighted by atomic mass is 35.5. The van der Waals surface area contributed by atoms with Gasteiger partial charge in [0.15, 0.2) is 0 Å². The van der Waals surface area contributed by atoms with Gasteiger partial charge in [-0.25, -0.2) is 8.42 Å². The molecule has 1 aromatic heterocycles. The number of carbonyl (C=O) groups excluding carboxylic acids is 1. The summed E-state index contributed by atoms with van der Waals surface area (Å²) in [4.78, 5) is 26.9. The predicted molar refractivity (Wildman–Crippen MR) is 109 cm³/mol. The largest absolute Gasteiger partial charge is 0.340 e. The molecule has 0 radical (unpaired) electrons. The number of likely N-dealkylation sites (tertiary alicyclic amines) is 1. The second-order valence-corrected chi connectivity index (χ2v) is 9.89. The molecule has 9 heteroatoms. The first-order valence-corrected chi connectivity index (χ1v) is 11.4. The van der Waals surface area contributed by atoms with Gasteiger partial charge in [-0.1, -0.05) is 17.7 Å². The average Bonchev–Trinajstić information content (AvgIpc) is 2.68. The van der Waals surface area contributed by atoms with E-state index in [4.69, 9.17) is 11.6 Å². The lowest BCUT2D eigenvalue weighted by molar-refractivity contribution is -0.135. The van der Waals surface area contributed by atoms with Gasteiger partial charge in [-0.15, -0.1) is 0 Å². The van der Waals surface area contributed by atoms with Crippen LogP contribution >= 0.6 is 11.6 Å². The Morgan fingerprint density at radius 2 is 1.86 bits per heavy atom. The number of aromatic nitrogens is 1. The third kappa shape index (κ3) is 3.97. The van der Waals surface area contributed by atoms with E-state index in [9.17, 15) is 18.0 Å². The van der Waals surface area contributed by atoms with E-state index >= 15 is 0 Å². The molecule has 2 aliphatic rings. The lowest BCUT2D eigenvalue weighted by Crippen LogP contribution is -2.54. The minimum Gasteiger partial charge on any atom is -0.340 e. The fourth-order valence-corrected chi connectivity index (χ4v) is 5.64. The van der Waals surface area contributed by atoms with Crippen molar-refractivity contribution in [3.63, 3.8) is 0 Å². The van der Waals surface area contributed by atoms with E-state index in [1.807, 2.05) is 6.07 Å². The third-order valence-corrected chi connectivity index (χ3v) is 7.43. The van der Waals surface area contributed by atoms with Gasteiger partial charge in [0.25, 0.3) is 5.56 Å². The first kappa shape index (κ1) is 20.1. The Morgan fingerprint density at radius 1 is 1.14 bits per heavy atom. The second kappa shape index (κ2) is 7.59. The number of nitrogens with one attached hydrogen (secondary N) is 1. The molecule has 154 valence electrons. The molecule has 7 nitrogen and oxygen atoms in total. The summed E-state index contributed by atoms with van der Waals surface area (Å²) >= 11 is 5.81. The zero-order chi connectivity index (χ0) is 20.8. The van der Waals surface area contributed by atoms with Gasteiger partial charge in [0.2, 0.25) is 15.9 Å². The fourth-order valence-electron chi connectivity index (χ4n) is 4.32. The molecule has 2 aliphatic heterocycles. The summed E-state index contributed by atoms with van der Waals surface area (Å²) in [6.45, 7) is 3.13. The predicted octanol–water partition coefficient (Wildman–Crippen LogP) is 1.81. The van der Waals surface area contributed by atoms with Crippen molar-refractivity contribution in [3.05, 3.63) is 63.5 Å². The zero-order valence-corrected chi connectivity index (χ0v) is 17.5. The normalized spacial score (nSPS) is 22.1. The monoisotopic (exact) mass is 435 g/mol. The molecular formula is C20H22ClN3O4S. The molecule has 1 saturated heterocycles. The second-order valence-electron chi connectivity index (χ2n) is 7.74. The van der Waals surface area contributed by atoms with Crippen molar-refractivity contribution in [2.75, 3.05) is 13.1 Å². The summed E-state index contributed by atoms with van der Waals surface area (Å²) in [5.74, 6) is 0.00904. The average molecular weight is 436 g/mol. The van der Waals surface area contributed by atoms with Crippen molar-refractivity contribution in [2.24, 2.45) is 5.92 Å². The molecule has 1 N–H and O–H groups in total. The van der Waals surface area contributed by atoms with Crippen LogP contribution in [-0.4, -0.2) is 42.9 Å². The molecule has 1 amide bonds. The van der Waals surface area contributed by atoms with Crippen molar-refractivity contribution in [2.45, 2.75) is 36.7 Å². The first-order chi connectivity index (χ1) is 13.7. The van der Waals surface area contributed by atoms with Crippen molar-refractivity contribution in [1.82, 2.24) is 14.2 Å². The fraction of sp³-hybridized carbons (Fsp3) is 0.400. The minimum atomic E-state index is -3.83. The Bertz CT molecular complexity index is 1100. The number of pyridine rings is 1. The molecule has 0 unspecified atom stereocenters. The van der Waals surface area contributed by atoms with E-state index in [0.717, 1.165) is 12.1 Å². The van der Waals surface area contributed by atoms with Crippen LogP contribution in [0.5, 0.6) is 0 Å². The van der Waals surface area contributed by atoms with Crippen LogP contribution in [0.4, 0.5) is 0 Å². The van der Waals surface area contributed by atoms with Crippen LogP contribution in [-0.2, 0) is 21.4 Å². The van der Waals surface area contributed by atoms with Crippen LogP contribution < -0.4 is 10.3 Å². The highest BCUT2D eigenvalue weighted by Gasteiger charge is 2.37. The summed E-state index contributed by atoms with van der Waals surface area (Å²) in [6.07, 6.45) is 0.929. The first-order valence-electron chi connectivity index (χ1n) is 9.51. The molecule has 1 aromatic carbocycles. The molecule has 2 aromatic rings.